The third-order valence-electron chi connectivity index (χ3n) is 4.28. The van der Waals surface area contributed by atoms with Gasteiger partial charge in [0.1, 0.15) is 5.76 Å². The van der Waals surface area contributed by atoms with Gasteiger partial charge in [-0.15, -0.1) is 0 Å². The Kier molecular flexibility index (Phi) is 4.48. The van der Waals surface area contributed by atoms with Gasteiger partial charge in [0, 0.05) is 30.4 Å². The van der Waals surface area contributed by atoms with Crippen molar-refractivity contribution in [3.63, 3.8) is 0 Å². The molecule has 0 amide bonds. The van der Waals surface area contributed by atoms with Crippen LogP contribution in [0.15, 0.2) is 16.7 Å². The van der Waals surface area contributed by atoms with Gasteiger partial charge >= 0.3 is 5.69 Å². The van der Waals surface area contributed by atoms with Crippen molar-refractivity contribution < 1.29 is 14.2 Å². The van der Waals surface area contributed by atoms with Crippen LogP contribution in [0.2, 0.25) is 0 Å². The van der Waals surface area contributed by atoms with Gasteiger partial charge in [-0.3, -0.25) is 10.1 Å². The van der Waals surface area contributed by atoms with Crippen molar-refractivity contribution in [3.05, 3.63) is 45.0 Å². The quantitative estimate of drug-likeness (QED) is 0.613. The normalized spacial score (nSPS) is 17.5. The van der Waals surface area contributed by atoms with E-state index in [0.717, 1.165) is 29.1 Å². The molecule has 1 saturated heterocycles. The Bertz CT molecular complexity index is 739. The van der Waals surface area contributed by atoms with Crippen LogP contribution in [-0.4, -0.2) is 34.3 Å². The molecule has 0 saturated carbocycles. The lowest BCUT2D eigenvalue weighted by Gasteiger charge is -2.18. The first-order valence-corrected chi connectivity index (χ1v) is 7.86. The Hall–Kier alpha value is -2.48. The van der Waals surface area contributed by atoms with Gasteiger partial charge in [0.2, 0.25) is 5.82 Å². The van der Waals surface area contributed by atoms with E-state index in [9.17, 15) is 10.1 Å². The van der Waals surface area contributed by atoms with Crippen LogP contribution in [0.4, 0.5) is 11.5 Å². The van der Waals surface area contributed by atoms with Crippen LogP contribution in [0.5, 0.6) is 0 Å². The lowest BCUT2D eigenvalue weighted by molar-refractivity contribution is -0.384. The smallest absolute Gasteiger partial charge is 0.311 e. The highest BCUT2D eigenvalue weighted by molar-refractivity contribution is 5.58. The number of rotatable bonds is 5. The predicted molar refractivity (Wildman–Crippen MR) is 87.0 cm³/mol. The standard InChI is InChI=1S/C16H20N4O4/c1-10-4-5-15(20(21)22)16(17-10)19-7-6-13(8-19)23-9-14-11(2)18-24-12(14)3/h4-5,13H,6-9H2,1-3H3. The van der Waals surface area contributed by atoms with Crippen molar-refractivity contribution >= 4 is 11.5 Å². The highest BCUT2D eigenvalue weighted by atomic mass is 16.6. The van der Waals surface area contributed by atoms with Crippen molar-refractivity contribution in [1.82, 2.24) is 10.1 Å². The molecule has 8 heteroatoms. The van der Waals surface area contributed by atoms with Gasteiger partial charge in [0.15, 0.2) is 0 Å². The Morgan fingerprint density at radius 3 is 2.88 bits per heavy atom. The van der Waals surface area contributed by atoms with Gasteiger partial charge < -0.3 is 14.2 Å². The molecule has 1 fully saturated rings. The Labute approximate surface area is 139 Å². The second-order valence-corrected chi connectivity index (χ2v) is 6.02. The zero-order valence-electron chi connectivity index (χ0n) is 14.0. The lowest BCUT2D eigenvalue weighted by atomic mass is 10.2. The average molecular weight is 332 g/mol. The molecule has 0 aliphatic carbocycles. The van der Waals surface area contributed by atoms with E-state index in [1.54, 1.807) is 6.07 Å². The summed E-state index contributed by atoms with van der Waals surface area (Å²) in [5.41, 5.74) is 2.59. The van der Waals surface area contributed by atoms with Gasteiger partial charge in [-0.25, -0.2) is 4.98 Å². The van der Waals surface area contributed by atoms with Gasteiger partial charge in [0.25, 0.3) is 0 Å². The van der Waals surface area contributed by atoms with E-state index in [4.69, 9.17) is 9.26 Å². The zero-order chi connectivity index (χ0) is 17.3. The molecule has 8 nitrogen and oxygen atoms in total. The number of anilines is 1. The summed E-state index contributed by atoms with van der Waals surface area (Å²) in [5, 5.41) is 15.1. The molecule has 1 unspecified atom stereocenters. The molecule has 0 radical (unpaired) electrons. The molecular formula is C16H20N4O4. The summed E-state index contributed by atoms with van der Waals surface area (Å²) in [7, 11) is 0. The van der Waals surface area contributed by atoms with Crippen LogP contribution >= 0.6 is 0 Å². The van der Waals surface area contributed by atoms with E-state index in [1.165, 1.54) is 6.07 Å². The van der Waals surface area contributed by atoms with Crippen LogP contribution < -0.4 is 4.90 Å². The molecule has 3 heterocycles. The number of ether oxygens (including phenoxy) is 1. The fraction of sp³-hybridized carbons (Fsp3) is 0.500. The van der Waals surface area contributed by atoms with E-state index < -0.39 is 0 Å². The largest absolute Gasteiger partial charge is 0.371 e. The van der Waals surface area contributed by atoms with Crippen molar-refractivity contribution in [1.29, 1.82) is 0 Å². The minimum absolute atomic E-state index is 0.000571. The van der Waals surface area contributed by atoms with Crippen molar-refractivity contribution in [2.45, 2.75) is 39.9 Å². The minimum atomic E-state index is -0.389. The molecule has 0 aromatic carbocycles. The van der Waals surface area contributed by atoms with E-state index in [0.29, 0.717) is 25.5 Å². The van der Waals surface area contributed by atoms with Gasteiger partial charge in [0.05, 0.1) is 23.3 Å². The minimum Gasteiger partial charge on any atom is -0.371 e. The third-order valence-corrected chi connectivity index (χ3v) is 4.28. The first-order chi connectivity index (χ1) is 11.5. The van der Waals surface area contributed by atoms with Crippen LogP contribution in [0.3, 0.4) is 0 Å². The Morgan fingerprint density at radius 1 is 1.42 bits per heavy atom. The monoisotopic (exact) mass is 332 g/mol. The molecule has 0 bridgehead atoms. The Morgan fingerprint density at radius 2 is 2.21 bits per heavy atom. The first kappa shape index (κ1) is 16.4. The number of aromatic nitrogens is 2. The molecule has 24 heavy (non-hydrogen) atoms. The molecule has 3 rings (SSSR count). The predicted octanol–water partition coefficient (Wildman–Crippen LogP) is 2.70. The average Bonchev–Trinajstić information content (AvgIpc) is 3.12. The number of pyridine rings is 1. The lowest BCUT2D eigenvalue weighted by Crippen LogP contribution is -2.24. The number of nitro groups is 1. The van der Waals surface area contributed by atoms with E-state index in [1.807, 2.05) is 25.7 Å². The summed E-state index contributed by atoms with van der Waals surface area (Å²) in [6, 6.07) is 3.17. The first-order valence-electron chi connectivity index (χ1n) is 7.86. The van der Waals surface area contributed by atoms with Gasteiger partial charge in [-0.1, -0.05) is 5.16 Å². The molecule has 2 aromatic rings. The van der Waals surface area contributed by atoms with Crippen molar-refractivity contribution in [2.24, 2.45) is 0 Å². The maximum Gasteiger partial charge on any atom is 0.311 e. The summed E-state index contributed by atoms with van der Waals surface area (Å²) >= 11 is 0. The third kappa shape index (κ3) is 3.23. The van der Waals surface area contributed by atoms with Gasteiger partial charge in [-0.2, -0.15) is 0 Å². The number of hydrogen-bond acceptors (Lipinski definition) is 7. The maximum absolute atomic E-state index is 11.2. The number of aryl methyl sites for hydroxylation is 3. The van der Waals surface area contributed by atoms with Crippen molar-refractivity contribution in [2.75, 3.05) is 18.0 Å². The summed E-state index contributed by atoms with van der Waals surface area (Å²) in [5.74, 6) is 1.18. The second kappa shape index (κ2) is 6.56. The highest BCUT2D eigenvalue weighted by Crippen LogP contribution is 2.30. The molecule has 0 N–H and O–H groups in total. The topological polar surface area (TPSA) is 94.5 Å². The highest BCUT2D eigenvalue weighted by Gasteiger charge is 2.29. The maximum atomic E-state index is 11.2. The summed E-state index contributed by atoms with van der Waals surface area (Å²) in [6.07, 6.45) is 0.802. The van der Waals surface area contributed by atoms with E-state index >= 15 is 0 Å². The van der Waals surface area contributed by atoms with Gasteiger partial charge in [-0.05, 0) is 33.3 Å². The molecule has 1 aliphatic rings. The SMILES string of the molecule is Cc1ccc([N+](=O)[O-])c(N2CCC(OCc3c(C)noc3C)C2)n1. The van der Waals surface area contributed by atoms with Crippen LogP contribution in [0.1, 0.15) is 29.1 Å². The van der Waals surface area contributed by atoms with Crippen LogP contribution in [0.25, 0.3) is 0 Å². The summed E-state index contributed by atoms with van der Waals surface area (Å²) in [6.45, 7) is 7.28. The fourth-order valence-electron chi connectivity index (χ4n) is 2.88. The van der Waals surface area contributed by atoms with Crippen molar-refractivity contribution in [3.8, 4) is 0 Å². The summed E-state index contributed by atoms with van der Waals surface area (Å²) in [4.78, 5) is 17.1. The molecule has 2 aromatic heterocycles. The van der Waals surface area contributed by atoms with Crippen LogP contribution in [-0.2, 0) is 11.3 Å². The molecule has 1 atom stereocenters. The zero-order valence-corrected chi connectivity index (χ0v) is 14.0. The number of nitrogens with zero attached hydrogens (tertiary/aromatic N) is 4. The van der Waals surface area contributed by atoms with E-state index in [-0.39, 0.29) is 16.7 Å². The summed E-state index contributed by atoms with van der Waals surface area (Å²) < 4.78 is 11.1. The fourth-order valence-corrected chi connectivity index (χ4v) is 2.88. The molecule has 128 valence electrons. The van der Waals surface area contributed by atoms with E-state index in [2.05, 4.69) is 10.1 Å². The second-order valence-electron chi connectivity index (χ2n) is 6.02. The molecular weight excluding hydrogens is 312 g/mol. The van der Waals surface area contributed by atoms with Crippen LogP contribution in [0, 0.1) is 30.9 Å². The molecule has 0 spiro atoms. The molecule has 1 aliphatic heterocycles. The Balaban J connectivity index is 1.68. The number of hydrogen-bond donors (Lipinski definition) is 0.